The standard InChI is InChI=1S/C12H22N2O2.C7H13ClN2/c1-12(2,3)16-11(15)14-7-5-10-9(8-14)4-6-13-10;8-10-4-2-7-6(5-10)1-3-9-7/h9-10,13H,4-8H2,1-3H3;6-7,9H,1-5H2. The smallest absolute Gasteiger partial charge is 0.410 e. The van der Waals surface area contributed by atoms with Crippen molar-refractivity contribution in [1.29, 1.82) is 0 Å². The number of hydrogen-bond acceptors (Lipinski definition) is 5. The van der Waals surface area contributed by atoms with E-state index in [4.69, 9.17) is 16.5 Å². The van der Waals surface area contributed by atoms with E-state index in [2.05, 4.69) is 10.6 Å². The molecule has 0 aromatic rings. The summed E-state index contributed by atoms with van der Waals surface area (Å²) in [5.74, 6) is 1.45. The molecule has 0 aliphatic carbocycles. The van der Waals surface area contributed by atoms with Crippen LogP contribution in [0.15, 0.2) is 0 Å². The molecule has 4 fully saturated rings. The number of amides is 1. The predicted molar refractivity (Wildman–Crippen MR) is 104 cm³/mol. The highest BCUT2D eigenvalue weighted by Gasteiger charge is 2.35. The van der Waals surface area contributed by atoms with E-state index < -0.39 is 0 Å². The molecule has 150 valence electrons. The fourth-order valence-electron chi connectivity index (χ4n) is 4.54. The van der Waals surface area contributed by atoms with Crippen molar-refractivity contribution in [2.24, 2.45) is 11.8 Å². The molecule has 4 unspecified atom stereocenters. The second-order valence-electron chi connectivity index (χ2n) is 9.09. The minimum atomic E-state index is -0.387. The van der Waals surface area contributed by atoms with Gasteiger partial charge in [-0.25, -0.2) is 9.21 Å². The third kappa shape index (κ3) is 5.47. The quantitative estimate of drug-likeness (QED) is 0.626. The number of nitrogens with one attached hydrogen (secondary N) is 2. The second-order valence-corrected chi connectivity index (χ2v) is 9.57. The van der Waals surface area contributed by atoms with Gasteiger partial charge in [0.25, 0.3) is 0 Å². The summed E-state index contributed by atoms with van der Waals surface area (Å²) in [6.45, 7) is 11.8. The summed E-state index contributed by atoms with van der Waals surface area (Å²) in [5.41, 5.74) is -0.387. The SMILES string of the molecule is CC(C)(C)OC(=O)N1CCC2NCCC2C1.ClN1CCC2NCCC2C1. The van der Waals surface area contributed by atoms with E-state index in [0.717, 1.165) is 51.1 Å². The van der Waals surface area contributed by atoms with E-state index in [-0.39, 0.29) is 11.7 Å². The number of nitrogens with zero attached hydrogens (tertiary/aromatic N) is 2. The minimum Gasteiger partial charge on any atom is -0.444 e. The summed E-state index contributed by atoms with van der Waals surface area (Å²) in [4.78, 5) is 13.7. The zero-order chi connectivity index (χ0) is 18.7. The lowest BCUT2D eigenvalue weighted by molar-refractivity contribution is 0.0157. The molecule has 4 aliphatic rings. The van der Waals surface area contributed by atoms with Crippen LogP contribution in [0.2, 0.25) is 0 Å². The van der Waals surface area contributed by atoms with E-state index in [1.165, 1.54) is 25.8 Å². The number of carbonyl (C=O) groups excluding carboxylic acids is 1. The molecule has 6 nitrogen and oxygen atoms in total. The number of ether oxygens (including phenoxy) is 1. The molecule has 0 spiro atoms. The molecule has 0 bridgehead atoms. The van der Waals surface area contributed by atoms with Crippen LogP contribution in [-0.2, 0) is 4.74 Å². The molecule has 0 aromatic carbocycles. The van der Waals surface area contributed by atoms with Crippen LogP contribution in [0.25, 0.3) is 0 Å². The lowest BCUT2D eigenvalue weighted by Crippen LogP contribution is -2.48. The lowest BCUT2D eigenvalue weighted by atomic mass is 9.94. The topological polar surface area (TPSA) is 56.8 Å². The summed E-state index contributed by atoms with van der Waals surface area (Å²) < 4.78 is 7.32. The Balaban J connectivity index is 0.000000167. The Kier molecular flexibility index (Phi) is 6.70. The van der Waals surface area contributed by atoms with Crippen LogP contribution in [0.1, 0.15) is 46.5 Å². The van der Waals surface area contributed by atoms with Crippen LogP contribution >= 0.6 is 11.8 Å². The summed E-state index contributed by atoms with van der Waals surface area (Å²) in [6.07, 6.45) is 4.63. The van der Waals surface area contributed by atoms with Crippen molar-refractivity contribution < 1.29 is 9.53 Å². The number of hydrogen-bond donors (Lipinski definition) is 2. The van der Waals surface area contributed by atoms with Crippen LogP contribution in [0.5, 0.6) is 0 Å². The normalized spacial score (nSPS) is 34.5. The van der Waals surface area contributed by atoms with Gasteiger partial charge >= 0.3 is 6.09 Å². The van der Waals surface area contributed by atoms with Crippen molar-refractivity contribution >= 4 is 17.9 Å². The highest BCUT2D eigenvalue weighted by Crippen LogP contribution is 2.26. The van der Waals surface area contributed by atoms with E-state index in [1.54, 1.807) is 0 Å². The largest absolute Gasteiger partial charge is 0.444 e. The molecule has 0 radical (unpaired) electrons. The van der Waals surface area contributed by atoms with Gasteiger partial charge in [-0.2, -0.15) is 0 Å². The predicted octanol–water partition coefficient (Wildman–Crippen LogP) is 2.43. The Bertz CT molecular complexity index is 485. The van der Waals surface area contributed by atoms with Crippen molar-refractivity contribution in [2.45, 2.75) is 64.1 Å². The van der Waals surface area contributed by atoms with Gasteiger partial charge in [-0.1, -0.05) is 0 Å². The first kappa shape index (κ1) is 20.2. The summed E-state index contributed by atoms with van der Waals surface area (Å²) >= 11 is 5.89. The minimum absolute atomic E-state index is 0.155. The number of halogens is 1. The summed E-state index contributed by atoms with van der Waals surface area (Å²) in [7, 11) is 0. The third-order valence-electron chi connectivity index (χ3n) is 5.91. The Morgan fingerprint density at radius 1 is 0.962 bits per heavy atom. The number of likely N-dealkylation sites (tertiary alicyclic amines) is 1. The molecule has 4 rings (SSSR count). The first-order valence-corrected chi connectivity index (χ1v) is 10.5. The molecular weight excluding hydrogens is 352 g/mol. The molecule has 2 N–H and O–H groups in total. The number of carbonyl (C=O) groups is 1. The average molecular weight is 387 g/mol. The molecule has 4 atom stereocenters. The number of rotatable bonds is 0. The Morgan fingerprint density at radius 2 is 1.54 bits per heavy atom. The van der Waals surface area contributed by atoms with Gasteiger partial charge in [-0.05, 0) is 83.2 Å². The fraction of sp³-hybridized carbons (Fsp3) is 0.947. The van der Waals surface area contributed by atoms with Crippen LogP contribution in [0.4, 0.5) is 4.79 Å². The second kappa shape index (κ2) is 8.63. The molecule has 1 amide bonds. The van der Waals surface area contributed by atoms with E-state index in [0.29, 0.717) is 12.0 Å². The van der Waals surface area contributed by atoms with Crippen LogP contribution in [-0.4, -0.2) is 72.4 Å². The average Bonchev–Trinajstić information content (AvgIpc) is 3.21. The van der Waals surface area contributed by atoms with E-state index in [1.807, 2.05) is 30.1 Å². The third-order valence-corrected chi connectivity index (χ3v) is 6.22. The summed E-state index contributed by atoms with van der Waals surface area (Å²) in [5, 5.41) is 6.98. The van der Waals surface area contributed by atoms with Gasteiger partial charge in [-0.15, -0.1) is 0 Å². The molecular formula is C19H35ClN4O2. The van der Waals surface area contributed by atoms with Gasteiger partial charge in [0, 0.05) is 38.3 Å². The first-order valence-electron chi connectivity index (χ1n) is 10.2. The molecule has 26 heavy (non-hydrogen) atoms. The maximum Gasteiger partial charge on any atom is 0.410 e. The maximum atomic E-state index is 11.9. The van der Waals surface area contributed by atoms with Gasteiger partial charge in [0.05, 0.1) is 0 Å². The van der Waals surface area contributed by atoms with Crippen LogP contribution in [0, 0.1) is 11.8 Å². The molecule has 4 saturated heterocycles. The first-order chi connectivity index (χ1) is 12.3. The zero-order valence-corrected chi connectivity index (χ0v) is 17.2. The maximum absolute atomic E-state index is 11.9. The molecule has 0 aromatic heterocycles. The van der Waals surface area contributed by atoms with E-state index in [9.17, 15) is 4.79 Å². The lowest BCUT2D eigenvalue weighted by Gasteiger charge is -2.35. The fourth-order valence-corrected chi connectivity index (χ4v) is 4.82. The number of fused-ring (bicyclic) bond motifs is 2. The molecule has 0 saturated carbocycles. The highest BCUT2D eigenvalue weighted by molar-refractivity contribution is 6.13. The zero-order valence-electron chi connectivity index (χ0n) is 16.5. The number of piperidine rings is 2. The van der Waals surface area contributed by atoms with Gasteiger partial charge in [0.1, 0.15) is 5.60 Å². The molecule has 4 aliphatic heterocycles. The van der Waals surface area contributed by atoms with Gasteiger partial charge in [-0.3, -0.25) is 0 Å². The van der Waals surface area contributed by atoms with Crippen molar-refractivity contribution in [3.8, 4) is 0 Å². The Labute approximate surface area is 163 Å². The summed E-state index contributed by atoms with van der Waals surface area (Å²) in [6, 6.07) is 1.40. The Morgan fingerprint density at radius 3 is 2.15 bits per heavy atom. The molecule has 7 heteroatoms. The van der Waals surface area contributed by atoms with Crippen molar-refractivity contribution in [3.63, 3.8) is 0 Å². The monoisotopic (exact) mass is 386 g/mol. The van der Waals surface area contributed by atoms with Crippen molar-refractivity contribution in [2.75, 3.05) is 39.3 Å². The van der Waals surface area contributed by atoms with Crippen molar-refractivity contribution in [1.82, 2.24) is 20.0 Å². The van der Waals surface area contributed by atoms with Gasteiger partial charge in [0.2, 0.25) is 0 Å². The molecule has 4 heterocycles. The van der Waals surface area contributed by atoms with Crippen LogP contribution in [0.3, 0.4) is 0 Å². The highest BCUT2D eigenvalue weighted by atomic mass is 35.5. The van der Waals surface area contributed by atoms with Gasteiger partial charge in [0.15, 0.2) is 0 Å². The van der Waals surface area contributed by atoms with Crippen molar-refractivity contribution in [3.05, 3.63) is 0 Å². The van der Waals surface area contributed by atoms with Crippen LogP contribution < -0.4 is 10.6 Å². The Hall–Kier alpha value is -0.560. The van der Waals surface area contributed by atoms with E-state index >= 15 is 0 Å². The van der Waals surface area contributed by atoms with Gasteiger partial charge < -0.3 is 20.3 Å².